The summed E-state index contributed by atoms with van der Waals surface area (Å²) >= 11 is 0. The molecule has 0 aliphatic rings. The highest BCUT2D eigenvalue weighted by Crippen LogP contribution is 2.27. The highest BCUT2D eigenvalue weighted by atomic mass is 19.1. The molecule has 2 rings (SSSR count). The van der Waals surface area contributed by atoms with E-state index in [0.717, 1.165) is 13.0 Å². The fourth-order valence-corrected chi connectivity index (χ4v) is 2.17. The molecule has 0 aliphatic carbocycles. The molecule has 0 amide bonds. The average Bonchev–Trinajstić information content (AvgIpc) is 2.88. The molecule has 0 saturated carbocycles. The molecule has 1 aromatic carbocycles. The van der Waals surface area contributed by atoms with Crippen LogP contribution in [0, 0.1) is 18.6 Å². The van der Waals surface area contributed by atoms with Gasteiger partial charge in [-0.15, -0.1) is 0 Å². The number of nitrogens with two attached hydrogens (primary N) is 1. The van der Waals surface area contributed by atoms with E-state index in [9.17, 15) is 8.78 Å². The maximum absolute atomic E-state index is 14.2. The minimum atomic E-state index is -0.763. The van der Waals surface area contributed by atoms with Crippen LogP contribution >= 0.6 is 0 Å². The van der Waals surface area contributed by atoms with E-state index in [0.29, 0.717) is 11.1 Å². The van der Waals surface area contributed by atoms with Gasteiger partial charge >= 0.3 is 0 Å². The number of nitrogens with one attached hydrogen (secondary N) is 1. The van der Waals surface area contributed by atoms with Crippen molar-refractivity contribution in [2.45, 2.75) is 32.9 Å². The lowest BCUT2D eigenvalue weighted by molar-refractivity contribution is 0.506. The number of benzene rings is 1. The van der Waals surface area contributed by atoms with Gasteiger partial charge in [0, 0.05) is 23.9 Å². The summed E-state index contributed by atoms with van der Waals surface area (Å²) in [5, 5.41) is 4.16. The van der Waals surface area contributed by atoms with Crippen LogP contribution < -0.4 is 11.3 Å². The lowest BCUT2D eigenvalue weighted by Gasteiger charge is -2.17. The van der Waals surface area contributed by atoms with Crippen molar-refractivity contribution in [3.05, 3.63) is 52.9 Å². The van der Waals surface area contributed by atoms with Crippen molar-refractivity contribution in [3.8, 4) is 0 Å². The first-order valence-electron chi connectivity index (χ1n) is 6.51. The van der Waals surface area contributed by atoms with Crippen molar-refractivity contribution in [1.82, 2.24) is 15.2 Å². The second-order valence-corrected chi connectivity index (χ2v) is 4.73. The van der Waals surface area contributed by atoms with E-state index in [1.165, 1.54) is 12.1 Å². The van der Waals surface area contributed by atoms with Gasteiger partial charge in [0.05, 0.1) is 12.2 Å². The van der Waals surface area contributed by atoms with E-state index in [1.54, 1.807) is 24.0 Å². The Kier molecular flexibility index (Phi) is 4.46. The summed E-state index contributed by atoms with van der Waals surface area (Å²) in [7, 11) is 0. The van der Waals surface area contributed by atoms with Crippen molar-refractivity contribution < 1.29 is 8.78 Å². The Labute approximate surface area is 116 Å². The summed E-state index contributed by atoms with van der Waals surface area (Å²) < 4.78 is 29.9. The van der Waals surface area contributed by atoms with Crippen LogP contribution in [0.4, 0.5) is 8.78 Å². The first-order chi connectivity index (χ1) is 9.58. The summed E-state index contributed by atoms with van der Waals surface area (Å²) in [5.74, 6) is 4.28. The van der Waals surface area contributed by atoms with Crippen molar-refractivity contribution in [1.29, 1.82) is 0 Å². The standard InChI is InChI=1S/C14H18F2N4/c1-3-6-20-8-10(7-18-20)14(19-17)12-11(15)5-4-9(2)13(12)16/h4-5,7-8,14,19H,3,6,17H2,1-2H3. The second-order valence-electron chi connectivity index (χ2n) is 4.73. The third-order valence-electron chi connectivity index (χ3n) is 3.21. The van der Waals surface area contributed by atoms with Gasteiger partial charge in [-0.25, -0.2) is 14.2 Å². The number of halogens is 2. The summed E-state index contributed by atoms with van der Waals surface area (Å²) in [5.41, 5.74) is 3.39. The molecule has 108 valence electrons. The SMILES string of the molecule is CCCn1cc(C(NN)c2c(F)ccc(C)c2F)cn1. The Bertz CT molecular complexity index is 595. The van der Waals surface area contributed by atoms with Crippen LogP contribution in [0.1, 0.15) is 36.1 Å². The summed E-state index contributed by atoms with van der Waals surface area (Å²) in [6.07, 6.45) is 4.24. The lowest BCUT2D eigenvalue weighted by atomic mass is 9.99. The molecule has 2 aromatic rings. The smallest absolute Gasteiger partial charge is 0.134 e. The number of aromatic nitrogens is 2. The van der Waals surface area contributed by atoms with Gasteiger partial charge in [-0.2, -0.15) is 5.10 Å². The third-order valence-corrected chi connectivity index (χ3v) is 3.21. The molecule has 0 aliphatic heterocycles. The number of nitrogens with zero attached hydrogens (tertiary/aromatic N) is 2. The van der Waals surface area contributed by atoms with Crippen LogP contribution in [0.3, 0.4) is 0 Å². The number of rotatable bonds is 5. The second kappa shape index (κ2) is 6.11. The van der Waals surface area contributed by atoms with E-state index in [1.807, 2.05) is 6.92 Å². The Morgan fingerprint density at radius 1 is 1.40 bits per heavy atom. The first kappa shape index (κ1) is 14.6. The molecular formula is C14H18F2N4. The zero-order valence-electron chi connectivity index (χ0n) is 11.5. The topological polar surface area (TPSA) is 55.9 Å². The molecule has 0 spiro atoms. The third kappa shape index (κ3) is 2.71. The molecule has 20 heavy (non-hydrogen) atoms. The van der Waals surface area contributed by atoms with Crippen LogP contribution in [-0.2, 0) is 6.54 Å². The molecule has 0 radical (unpaired) electrons. The number of aryl methyl sites for hydroxylation is 2. The fourth-order valence-electron chi connectivity index (χ4n) is 2.17. The Balaban J connectivity index is 2.44. The van der Waals surface area contributed by atoms with Gasteiger partial charge in [0.25, 0.3) is 0 Å². The zero-order chi connectivity index (χ0) is 14.7. The molecule has 0 bridgehead atoms. The molecule has 1 heterocycles. The lowest BCUT2D eigenvalue weighted by Crippen LogP contribution is -2.30. The van der Waals surface area contributed by atoms with E-state index in [4.69, 9.17) is 5.84 Å². The molecule has 1 unspecified atom stereocenters. The summed E-state index contributed by atoms with van der Waals surface area (Å²) in [6.45, 7) is 4.36. The van der Waals surface area contributed by atoms with Crippen LogP contribution in [0.15, 0.2) is 24.5 Å². The molecule has 4 nitrogen and oxygen atoms in total. The van der Waals surface area contributed by atoms with Crippen LogP contribution in [0.2, 0.25) is 0 Å². The zero-order valence-corrected chi connectivity index (χ0v) is 11.5. The van der Waals surface area contributed by atoms with Gasteiger partial charge in [-0.05, 0) is 25.0 Å². The van der Waals surface area contributed by atoms with Crippen molar-refractivity contribution >= 4 is 0 Å². The maximum atomic E-state index is 14.2. The van der Waals surface area contributed by atoms with Gasteiger partial charge in [-0.3, -0.25) is 10.5 Å². The predicted molar refractivity (Wildman–Crippen MR) is 72.8 cm³/mol. The van der Waals surface area contributed by atoms with E-state index >= 15 is 0 Å². The van der Waals surface area contributed by atoms with E-state index in [2.05, 4.69) is 10.5 Å². The van der Waals surface area contributed by atoms with Crippen LogP contribution in [-0.4, -0.2) is 9.78 Å². The highest BCUT2D eigenvalue weighted by molar-refractivity contribution is 5.34. The minimum Gasteiger partial charge on any atom is -0.272 e. The van der Waals surface area contributed by atoms with Gasteiger partial charge in [0.2, 0.25) is 0 Å². The first-order valence-corrected chi connectivity index (χ1v) is 6.51. The average molecular weight is 280 g/mol. The fraction of sp³-hybridized carbons (Fsp3) is 0.357. The Hall–Kier alpha value is -1.79. The quantitative estimate of drug-likeness (QED) is 0.653. The molecule has 1 aromatic heterocycles. The minimum absolute atomic E-state index is 0.0800. The molecule has 0 saturated heterocycles. The molecule has 3 N–H and O–H groups in total. The number of hydrazine groups is 1. The summed E-state index contributed by atoms with van der Waals surface area (Å²) in [4.78, 5) is 0. The number of hydrogen-bond donors (Lipinski definition) is 2. The molecule has 1 atom stereocenters. The normalized spacial score (nSPS) is 12.7. The van der Waals surface area contributed by atoms with Crippen molar-refractivity contribution in [3.63, 3.8) is 0 Å². The van der Waals surface area contributed by atoms with Gasteiger partial charge in [0.1, 0.15) is 11.6 Å². The van der Waals surface area contributed by atoms with Gasteiger partial charge in [-0.1, -0.05) is 13.0 Å². The number of hydrogen-bond acceptors (Lipinski definition) is 3. The predicted octanol–water partition coefficient (Wildman–Crippen LogP) is 2.43. The highest BCUT2D eigenvalue weighted by Gasteiger charge is 2.23. The van der Waals surface area contributed by atoms with Gasteiger partial charge in [0.15, 0.2) is 0 Å². The van der Waals surface area contributed by atoms with Crippen molar-refractivity contribution in [2.75, 3.05) is 0 Å². The molecular weight excluding hydrogens is 262 g/mol. The van der Waals surface area contributed by atoms with E-state index < -0.39 is 17.7 Å². The largest absolute Gasteiger partial charge is 0.272 e. The summed E-state index contributed by atoms with van der Waals surface area (Å²) in [6, 6.07) is 1.89. The van der Waals surface area contributed by atoms with Crippen LogP contribution in [0.5, 0.6) is 0 Å². The molecule has 0 fully saturated rings. The maximum Gasteiger partial charge on any atom is 0.134 e. The van der Waals surface area contributed by atoms with E-state index in [-0.39, 0.29) is 5.56 Å². The van der Waals surface area contributed by atoms with Crippen LogP contribution in [0.25, 0.3) is 0 Å². The monoisotopic (exact) mass is 280 g/mol. The Morgan fingerprint density at radius 3 is 2.80 bits per heavy atom. The van der Waals surface area contributed by atoms with Gasteiger partial charge < -0.3 is 0 Å². The van der Waals surface area contributed by atoms with Crippen molar-refractivity contribution in [2.24, 2.45) is 5.84 Å². The Morgan fingerprint density at radius 2 is 2.15 bits per heavy atom. The molecule has 6 heteroatoms.